The number of rotatable bonds is 9. The number of unbranched alkanes of at least 4 members (excludes halogenated alkanes) is 1. The van der Waals surface area contributed by atoms with E-state index < -0.39 is 6.04 Å². The zero-order chi connectivity index (χ0) is 14.8. The van der Waals surface area contributed by atoms with Crippen molar-refractivity contribution in [2.45, 2.75) is 52.0 Å². The van der Waals surface area contributed by atoms with Crippen LogP contribution in [-0.2, 0) is 4.79 Å². The molecule has 0 saturated carbocycles. The number of hydrogen-bond acceptors (Lipinski definition) is 4. The molecule has 0 aliphatic carbocycles. The second kappa shape index (κ2) is 9.18. The third-order valence-corrected chi connectivity index (χ3v) is 3.34. The molecule has 1 aromatic rings. The molecule has 2 unspecified atom stereocenters. The molecule has 1 aromatic heterocycles. The van der Waals surface area contributed by atoms with Crippen molar-refractivity contribution < 1.29 is 9.59 Å². The second-order valence-corrected chi connectivity index (χ2v) is 4.92. The summed E-state index contributed by atoms with van der Waals surface area (Å²) in [5, 5.41) is 2.77. The average molecular weight is 277 g/mol. The summed E-state index contributed by atoms with van der Waals surface area (Å²) in [6, 6.07) is -0.448. The summed E-state index contributed by atoms with van der Waals surface area (Å²) in [6.07, 6.45) is 10.3. The molecule has 20 heavy (non-hydrogen) atoms. The Labute approximate surface area is 120 Å². The normalized spacial score (nSPS) is 13.5. The Morgan fingerprint density at radius 3 is 2.65 bits per heavy atom. The summed E-state index contributed by atoms with van der Waals surface area (Å²) < 4.78 is 0. The molecule has 1 amide bonds. The Kier molecular flexibility index (Phi) is 7.47. The van der Waals surface area contributed by atoms with Crippen LogP contribution in [0, 0.1) is 5.92 Å². The van der Waals surface area contributed by atoms with Crippen molar-refractivity contribution in [2.24, 2.45) is 5.92 Å². The zero-order valence-corrected chi connectivity index (χ0v) is 12.2. The summed E-state index contributed by atoms with van der Waals surface area (Å²) in [7, 11) is 0. The minimum atomic E-state index is -0.448. The average Bonchev–Trinajstić information content (AvgIpc) is 2.50. The lowest BCUT2D eigenvalue weighted by molar-refractivity contribution is -0.110. The molecule has 5 nitrogen and oxygen atoms in total. The van der Waals surface area contributed by atoms with Crippen LogP contribution in [0.4, 0.5) is 0 Å². The van der Waals surface area contributed by atoms with Crippen molar-refractivity contribution >= 4 is 12.2 Å². The molecule has 0 spiro atoms. The van der Waals surface area contributed by atoms with E-state index >= 15 is 0 Å². The SMILES string of the molecule is CCCCC(CCC)C(C=O)NC(=O)c1cnccn1. The molecule has 2 atom stereocenters. The fraction of sp³-hybridized carbons (Fsp3) is 0.600. The summed E-state index contributed by atoms with van der Waals surface area (Å²) in [6.45, 7) is 4.21. The van der Waals surface area contributed by atoms with Crippen LogP contribution in [0.2, 0.25) is 0 Å². The maximum atomic E-state index is 12.0. The van der Waals surface area contributed by atoms with Crippen LogP contribution in [0.3, 0.4) is 0 Å². The first-order valence-electron chi connectivity index (χ1n) is 7.25. The van der Waals surface area contributed by atoms with Crippen LogP contribution in [0.25, 0.3) is 0 Å². The van der Waals surface area contributed by atoms with Crippen LogP contribution in [-0.4, -0.2) is 28.2 Å². The molecule has 0 fully saturated rings. The van der Waals surface area contributed by atoms with Gasteiger partial charge in [0.1, 0.15) is 12.0 Å². The predicted octanol–water partition coefficient (Wildman–Crippen LogP) is 2.38. The summed E-state index contributed by atoms with van der Waals surface area (Å²) in [5.41, 5.74) is 0.241. The van der Waals surface area contributed by atoms with E-state index in [1.807, 2.05) is 0 Å². The zero-order valence-electron chi connectivity index (χ0n) is 12.2. The van der Waals surface area contributed by atoms with Crippen molar-refractivity contribution in [3.05, 3.63) is 24.3 Å². The largest absolute Gasteiger partial charge is 0.341 e. The summed E-state index contributed by atoms with van der Waals surface area (Å²) >= 11 is 0. The predicted molar refractivity (Wildman–Crippen MR) is 77.3 cm³/mol. The highest BCUT2D eigenvalue weighted by atomic mass is 16.2. The van der Waals surface area contributed by atoms with Gasteiger partial charge >= 0.3 is 0 Å². The Balaban J connectivity index is 2.68. The van der Waals surface area contributed by atoms with E-state index in [1.165, 1.54) is 18.6 Å². The van der Waals surface area contributed by atoms with Crippen LogP contribution in [0.1, 0.15) is 56.4 Å². The number of nitrogens with one attached hydrogen (secondary N) is 1. The third kappa shape index (κ3) is 5.07. The highest BCUT2D eigenvalue weighted by Gasteiger charge is 2.22. The van der Waals surface area contributed by atoms with Gasteiger partial charge in [-0.2, -0.15) is 0 Å². The molecule has 0 saturated heterocycles. The van der Waals surface area contributed by atoms with E-state index in [0.29, 0.717) is 0 Å². The van der Waals surface area contributed by atoms with E-state index in [-0.39, 0.29) is 17.5 Å². The van der Waals surface area contributed by atoms with Gasteiger partial charge in [0.15, 0.2) is 0 Å². The molecule has 0 aromatic carbocycles. The maximum absolute atomic E-state index is 12.0. The minimum Gasteiger partial charge on any atom is -0.341 e. The molecule has 0 aliphatic heterocycles. The van der Waals surface area contributed by atoms with Crippen molar-refractivity contribution in [3.63, 3.8) is 0 Å². The van der Waals surface area contributed by atoms with Gasteiger partial charge < -0.3 is 10.1 Å². The maximum Gasteiger partial charge on any atom is 0.272 e. The molecule has 1 rings (SSSR count). The van der Waals surface area contributed by atoms with Crippen molar-refractivity contribution in [3.8, 4) is 0 Å². The van der Waals surface area contributed by atoms with Gasteiger partial charge in [0.25, 0.3) is 5.91 Å². The summed E-state index contributed by atoms with van der Waals surface area (Å²) in [5.74, 6) is -0.147. The van der Waals surface area contributed by atoms with Crippen molar-refractivity contribution in [1.29, 1.82) is 0 Å². The first kappa shape index (κ1) is 16.3. The van der Waals surface area contributed by atoms with Crippen molar-refractivity contribution in [2.75, 3.05) is 0 Å². The Morgan fingerprint density at radius 2 is 2.10 bits per heavy atom. The number of aromatic nitrogens is 2. The lowest BCUT2D eigenvalue weighted by atomic mass is 9.90. The topological polar surface area (TPSA) is 72.0 Å². The number of hydrogen-bond donors (Lipinski definition) is 1. The fourth-order valence-corrected chi connectivity index (χ4v) is 2.25. The number of aldehydes is 1. The van der Waals surface area contributed by atoms with Gasteiger partial charge in [-0.25, -0.2) is 4.98 Å². The Hall–Kier alpha value is -1.78. The Morgan fingerprint density at radius 1 is 1.30 bits per heavy atom. The quantitative estimate of drug-likeness (QED) is 0.703. The van der Waals surface area contributed by atoms with Gasteiger partial charge in [0.2, 0.25) is 0 Å². The third-order valence-electron chi connectivity index (χ3n) is 3.34. The van der Waals surface area contributed by atoms with E-state index in [9.17, 15) is 9.59 Å². The first-order chi connectivity index (χ1) is 9.72. The number of nitrogens with zero attached hydrogens (tertiary/aromatic N) is 2. The molecule has 1 heterocycles. The van der Waals surface area contributed by atoms with Gasteiger partial charge in [-0.3, -0.25) is 9.78 Å². The van der Waals surface area contributed by atoms with Gasteiger partial charge in [0, 0.05) is 12.4 Å². The van der Waals surface area contributed by atoms with Gasteiger partial charge in [0.05, 0.1) is 12.2 Å². The van der Waals surface area contributed by atoms with Crippen LogP contribution in [0.5, 0.6) is 0 Å². The van der Waals surface area contributed by atoms with E-state index in [1.54, 1.807) is 0 Å². The first-order valence-corrected chi connectivity index (χ1v) is 7.25. The molecule has 0 bridgehead atoms. The van der Waals surface area contributed by atoms with Crippen LogP contribution in [0.15, 0.2) is 18.6 Å². The lowest BCUT2D eigenvalue weighted by Gasteiger charge is -2.23. The number of carbonyl (C=O) groups excluding carboxylic acids is 2. The molecule has 0 aliphatic rings. The van der Waals surface area contributed by atoms with E-state index in [4.69, 9.17) is 0 Å². The number of amides is 1. The van der Waals surface area contributed by atoms with E-state index in [2.05, 4.69) is 29.1 Å². The second-order valence-electron chi connectivity index (χ2n) is 4.92. The minimum absolute atomic E-state index is 0.193. The monoisotopic (exact) mass is 277 g/mol. The van der Waals surface area contributed by atoms with Crippen LogP contribution >= 0.6 is 0 Å². The molecular formula is C15H23N3O2. The Bertz CT molecular complexity index is 409. The highest BCUT2D eigenvalue weighted by molar-refractivity contribution is 5.93. The van der Waals surface area contributed by atoms with Gasteiger partial charge in [-0.05, 0) is 18.8 Å². The summed E-state index contributed by atoms with van der Waals surface area (Å²) in [4.78, 5) is 31.1. The van der Waals surface area contributed by atoms with Crippen molar-refractivity contribution in [1.82, 2.24) is 15.3 Å². The fourth-order valence-electron chi connectivity index (χ4n) is 2.25. The number of carbonyl (C=O) groups is 2. The van der Waals surface area contributed by atoms with Gasteiger partial charge in [-0.15, -0.1) is 0 Å². The van der Waals surface area contributed by atoms with Gasteiger partial charge in [-0.1, -0.05) is 33.1 Å². The lowest BCUT2D eigenvalue weighted by Crippen LogP contribution is -2.42. The molecule has 110 valence electrons. The molecular weight excluding hydrogens is 254 g/mol. The molecule has 0 radical (unpaired) electrons. The highest BCUT2D eigenvalue weighted by Crippen LogP contribution is 2.18. The molecule has 5 heteroatoms. The van der Waals surface area contributed by atoms with Crippen LogP contribution < -0.4 is 5.32 Å². The van der Waals surface area contributed by atoms with E-state index in [0.717, 1.165) is 38.4 Å². The molecule has 1 N–H and O–H groups in total. The smallest absolute Gasteiger partial charge is 0.272 e. The standard InChI is InChI=1S/C15H23N3O2/c1-3-5-7-12(6-4-2)14(11-19)18-15(20)13-10-16-8-9-17-13/h8-12,14H,3-7H2,1-2H3,(H,18,20).